The molecule has 0 bridgehead atoms. The van der Waals surface area contributed by atoms with Gasteiger partial charge in [-0.1, -0.05) is 12.1 Å². The third-order valence-electron chi connectivity index (χ3n) is 4.75. The maximum absolute atomic E-state index is 12.7. The number of nitrogens with zero attached hydrogens (tertiary/aromatic N) is 2. The minimum atomic E-state index is 0.187. The second-order valence-electron chi connectivity index (χ2n) is 6.33. The lowest BCUT2D eigenvalue weighted by atomic mass is 10.1. The van der Waals surface area contributed by atoms with Crippen LogP contribution in [0.15, 0.2) is 24.3 Å². The summed E-state index contributed by atoms with van der Waals surface area (Å²) in [6.07, 6.45) is 0. The van der Waals surface area contributed by atoms with Crippen molar-refractivity contribution in [2.75, 3.05) is 31.1 Å². The second kappa shape index (κ2) is 6.36. The molecule has 4 heteroatoms. The molecule has 2 heterocycles. The van der Waals surface area contributed by atoms with Crippen LogP contribution in [0.25, 0.3) is 0 Å². The first kappa shape index (κ1) is 16.1. The number of carbonyl (C=O) groups is 1. The number of carbonyl (C=O) groups excluding carboxylic acids is 1. The van der Waals surface area contributed by atoms with E-state index < -0.39 is 0 Å². The molecule has 1 aliphatic heterocycles. The summed E-state index contributed by atoms with van der Waals surface area (Å²) in [4.78, 5) is 19.4. The summed E-state index contributed by atoms with van der Waals surface area (Å²) in [6, 6.07) is 8.48. The summed E-state index contributed by atoms with van der Waals surface area (Å²) < 4.78 is 0. The predicted molar refractivity (Wildman–Crippen MR) is 97.8 cm³/mol. The zero-order valence-corrected chi connectivity index (χ0v) is 15.2. The van der Waals surface area contributed by atoms with Crippen molar-refractivity contribution in [1.29, 1.82) is 0 Å². The van der Waals surface area contributed by atoms with Crippen molar-refractivity contribution in [2.45, 2.75) is 27.7 Å². The maximum atomic E-state index is 12.7. The smallest absolute Gasteiger partial charge is 0.255 e. The molecule has 23 heavy (non-hydrogen) atoms. The van der Waals surface area contributed by atoms with Gasteiger partial charge in [0.05, 0.1) is 5.56 Å². The Bertz CT molecular complexity index is 727. The second-order valence-corrected chi connectivity index (χ2v) is 7.79. The molecule has 1 fully saturated rings. The Morgan fingerprint density at radius 2 is 1.74 bits per heavy atom. The number of piperazine rings is 1. The number of rotatable bonds is 2. The number of amides is 1. The molecule has 1 amide bonds. The number of hydrogen-bond donors (Lipinski definition) is 0. The van der Waals surface area contributed by atoms with Gasteiger partial charge < -0.3 is 9.80 Å². The van der Waals surface area contributed by atoms with E-state index in [4.69, 9.17) is 0 Å². The van der Waals surface area contributed by atoms with E-state index in [1.807, 2.05) is 17.9 Å². The van der Waals surface area contributed by atoms with Gasteiger partial charge in [-0.25, -0.2) is 0 Å². The van der Waals surface area contributed by atoms with Crippen molar-refractivity contribution in [3.63, 3.8) is 0 Å². The van der Waals surface area contributed by atoms with Gasteiger partial charge >= 0.3 is 0 Å². The molecule has 0 radical (unpaired) electrons. The van der Waals surface area contributed by atoms with E-state index in [0.29, 0.717) is 0 Å². The Hall–Kier alpha value is -1.81. The summed E-state index contributed by atoms with van der Waals surface area (Å²) in [5.41, 5.74) is 4.86. The van der Waals surface area contributed by atoms with Crippen molar-refractivity contribution in [3.05, 3.63) is 50.7 Å². The van der Waals surface area contributed by atoms with E-state index in [0.717, 1.165) is 36.6 Å². The number of aryl methyl sites for hydroxylation is 3. The van der Waals surface area contributed by atoms with Gasteiger partial charge in [0.1, 0.15) is 0 Å². The SMILES string of the molecule is Cc1cc(C(=O)N2CCN(c3cccc(C)c3C)CC2)c(C)s1. The van der Waals surface area contributed by atoms with E-state index in [-0.39, 0.29) is 5.91 Å². The van der Waals surface area contributed by atoms with E-state index in [1.165, 1.54) is 21.7 Å². The van der Waals surface area contributed by atoms with Crippen LogP contribution in [0.4, 0.5) is 5.69 Å². The summed E-state index contributed by atoms with van der Waals surface area (Å²) >= 11 is 1.70. The van der Waals surface area contributed by atoms with Crippen LogP contribution in [0.2, 0.25) is 0 Å². The first-order chi connectivity index (χ1) is 11.0. The molecular formula is C19H24N2OS. The molecule has 0 spiro atoms. The molecule has 1 saturated heterocycles. The molecule has 1 aromatic carbocycles. The molecule has 0 N–H and O–H groups in total. The van der Waals surface area contributed by atoms with Crippen LogP contribution in [0, 0.1) is 27.7 Å². The summed E-state index contributed by atoms with van der Waals surface area (Å²) in [6.45, 7) is 11.8. The average Bonchev–Trinajstić information content (AvgIpc) is 2.88. The zero-order valence-electron chi connectivity index (χ0n) is 14.3. The average molecular weight is 328 g/mol. The van der Waals surface area contributed by atoms with Gasteiger partial charge in [0.15, 0.2) is 0 Å². The molecule has 3 nitrogen and oxygen atoms in total. The molecule has 0 atom stereocenters. The minimum Gasteiger partial charge on any atom is -0.368 e. The van der Waals surface area contributed by atoms with Gasteiger partial charge in [-0.2, -0.15) is 0 Å². The molecule has 0 unspecified atom stereocenters. The molecule has 1 aliphatic rings. The quantitative estimate of drug-likeness (QED) is 0.833. The Morgan fingerprint density at radius 3 is 2.35 bits per heavy atom. The fraction of sp³-hybridized carbons (Fsp3) is 0.421. The summed E-state index contributed by atoms with van der Waals surface area (Å²) in [5.74, 6) is 0.187. The standard InChI is InChI=1S/C19H24N2OS/c1-13-6-5-7-18(15(13)3)20-8-10-21(11-9-20)19(22)17-12-14(2)23-16(17)4/h5-7,12H,8-11H2,1-4H3. The predicted octanol–water partition coefficient (Wildman–Crippen LogP) is 3.94. The molecule has 0 aliphatic carbocycles. The largest absolute Gasteiger partial charge is 0.368 e. The lowest BCUT2D eigenvalue weighted by molar-refractivity contribution is 0.0746. The topological polar surface area (TPSA) is 23.6 Å². The highest BCUT2D eigenvalue weighted by atomic mass is 32.1. The third kappa shape index (κ3) is 3.13. The lowest BCUT2D eigenvalue weighted by Crippen LogP contribution is -2.49. The Labute approximate surface area is 142 Å². The fourth-order valence-electron chi connectivity index (χ4n) is 3.24. The van der Waals surface area contributed by atoms with Crippen molar-refractivity contribution >= 4 is 22.9 Å². The zero-order chi connectivity index (χ0) is 16.6. The third-order valence-corrected chi connectivity index (χ3v) is 5.72. The van der Waals surface area contributed by atoms with E-state index in [2.05, 4.69) is 43.9 Å². The molecule has 2 aromatic rings. The van der Waals surface area contributed by atoms with Gasteiger partial charge in [0, 0.05) is 41.6 Å². The van der Waals surface area contributed by atoms with Crippen molar-refractivity contribution in [3.8, 4) is 0 Å². The van der Waals surface area contributed by atoms with Gasteiger partial charge in [-0.3, -0.25) is 4.79 Å². The van der Waals surface area contributed by atoms with Crippen LogP contribution in [0.3, 0.4) is 0 Å². The first-order valence-electron chi connectivity index (χ1n) is 8.15. The minimum absolute atomic E-state index is 0.187. The van der Waals surface area contributed by atoms with Gasteiger partial charge in [0.2, 0.25) is 0 Å². The highest BCUT2D eigenvalue weighted by Crippen LogP contribution is 2.26. The molecule has 3 rings (SSSR count). The monoisotopic (exact) mass is 328 g/mol. The van der Waals surface area contributed by atoms with Crippen molar-refractivity contribution < 1.29 is 4.79 Å². The van der Waals surface area contributed by atoms with Crippen LogP contribution in [0.1, 0.15) is 31.2 Å². The first-order valence-corrected chi connectivity index (χ1v) is 8.96. The van der Waals surface area contributed by atoms with E-state index in [9.17, 15) is 4.79 Å². The highest BCUT2D eigenvalue weighted by Gasteiger charge is 2.24. The van der Waals surface area contributed by atoms with Gasteiger partial charge in [-0.15, -0.1) is 11.3 Å². The Kier molecular flexibility index (Phi) is 4.44. The van der Waals surface area contributed by atoms with Gasteiger partial charge in [-0.05, 0) is 51.0 Å². The molecular weight excluding hydrogens is 304 g/mol. The van der Waals surface area contributed by atoms with Crippen LogP contribution in [-0.4, -0.2) is 37.0 Å². The number of hydrogen-bond acceptors (Lipinski definition) is 3. The normalized spacial score (nSPS) is 15.1. The van der Waals surface area contributed by atoms with Crippen LogP contribution in [-0.2, 0) is 0 Å². The van der Waals surface area contributed by atoms with Crippen LogP contribution < -0.4 is 4.90 Å². The summed E-state index contributed by atoms with van der Waals surface area (Å²) in [7, 11) is 0. The van der Waals surface area contributed by atoms with Crippen LogP contribution >= 0.6 is 11.3 Å². The Morgan fingerprint density at radius 1 is 1.04 bits per heavy atom. The number of thiophene rings is 1. The maximum Gasteiger partial charge on any atom is 0.255 e. The van der Waals surface area contributed by atoms with E-state index in [1.54, 1.807) is 11.3 Å². The van der Waals surface area contributed by atoms with Crippen molar-refractivity contribution in [2.24, 2.45) is 0 Å². The number of benzene rings is 1. The fourth-order valence-corrected chi connectivity index (χ4v) is 4.16. The molecule has 0 saturated carbocycles. The molecule has 122 valence electrons. The summed E-state index contributed by atoms with van der Waals surface area (Å²) in [5, 5.41) is 0. The van der Waals surface area contributed by atoms with Gasteiger partial charge in [0.25, 0.3) is 5.91 Å². The van der Waals surface area contributed by atoms with E-state index >= 15 is 0 Å². The number of anilines is 1. The lowest BCUT2D eigenvalue weighted by Gasteiger charge is -2.37. The highest BCUT2D eigenvalue weighted by molar-refractivity contribution is 7.12. The molecule has 1 aromatic heterocycles. The van der Waals surface area contributed by atoms with Crippen LogP contribution in [0.5, 0.6) is 0 Å². The Balaban J connectivity index is 1.70. The van der Waals surface area contributed by atoms with Crippen molar-refractivity contribution in [1.82, 2.24) is 4.90 Å².